The molecule has 0 aliphatic carbocycles. The quantitative estimate of drug-likeness (QED) is 0.755. The molecule has 0 aliphatic rings. The minimum atomic E-state index is -0.548. The van der Waals surface area contributed by atoms with Crippen LogP contribution in [-0.4, -0.2) is 15.9 Å². The van der Waals surface area contributed by atoms with Gasteiger partial charge in [-0.3, -0.25) is 9.78 Å². The molecule has 21 heavy (non-hydrogen) atoms. The van der Waals surface area contributed by atoms with Crippen LogP contribution in [0.2, 0.25) is 10.0 Å². The molecule has 7 heteroatoms. The molecule has 0 spiro atoms. The van der Waals surface area contributed by atoms with Crippen molar-refractivity contribution in [1.82, 2.24) is 9.97 Å². The van der Waals surface area contributed by atoms with E-state index in [-0.39, 0.29) is 0 Å². The molecule has 1 aromatic carbocycles. The van der Waals surface area contributed by atoms with Gasteiger partial charge in [0, 0.05) is 11.1 Å². The standard InChI is InChI=1S/C14H9Cl2N3OS/c15-7-3-1-5-9(10(7)16)21-13-11-8(4-2-6-18-11)19-12(13)14(17)20/h1-6,19H,(H2,17,20). The molecule has 1 amide bonds. The van der Waals surface area contributed by atoms with Crippen LogP contribution in [0, 0.1) is 0 Å². The fourth-order valence-corrected chi connectivity index (χ4v) is 3.49. The van der Waals surface area contributed by atoms with Gasteiger partial charge in [-0.2, -0.15) is 0 Å². The number of fused-ring (bicyclic) bond motifs is 1. The van der Waals surface area contributed by atoms with Crippen molar-refractivity contribution >= 4 is 51.9 Å². The van der Waals surface area contributed by atoms with Crippen molar-refractivity contribution in [3.63, 3.8) is 0 Å². The Bertz CT molecular complexity index is 847. The van der Waals surface area contributed by atoms with Crippen LogP contribution in [0.5, 0.6) is 0 Å². The Labute approximate surface area is 134 Å². The van der Waals surface area contributed by atoms with E-state index in [9.17, 15) is 4.79 Å². The van der Waals surface area contributed by atoms with Crippen molar-refractivity contribution in [2.75, 3.05) is 0 Å². The summed E-state index contributed by atoms with van der Waals surface area (Å²) < 4.78 is 0. The highest BCUT2D eigenvalue weighted by molar-refractivity contribution is 7.99. The van der Waals surface area contributed by atoms with Crippen LogP contribution in [0.3, 0.4) is 0 Å². The second kappa shape index (κ2) is 5.60. The predicted molar refractivity (Wildman–Crippen MR) is 85.2 cm³/mol. The number of hydrogen-bond acceptors (Lipinski definition) is 3. The lowest BCUT2D eigenvalue weighted by atomic mass is 10.3. The SMILES string of the molecule is NC(=O)c1[nH]c2cccnc2c1Sc1cccc(Cl)c1Cl. The minimum absolute atomic E-state index is 0.310. The molecule has 0 saturated heterocycles. The number of carbonyl (C=O) groups is 1. The smallest absolute Gasteiger partial charge is 0.266 e. The van der Waals surface area contributed by atoms with Crippen molar-refractivity contribution in [1.29, 1.82) is 0 Å². The lowest BCUT2D eigenvalue weighted by molar-refractivity contribution is 0.0993. The van der Waals surface area contributed by atoms with Gasteiger partial charge in [-0.25, -0.2) is 0 Å². The van der Waals surface area contributed by atoms with E-state index in [0.29, 0.717) is 26.2 Å². The second-order valence-corrected chi connectivity index (χ2v) is 6.08. The average Bonchev–Trinajstić information content (AvgIpc) is 2.83. The zero-order valence-electron chi connectivity index (χ0n) is 10.6. The van der Waals surface area contributed by atoms with Crippen LogP contribution >= 0.6 is 35.0 Å². The topological polar surface area (TPSA) is 71.8 Å². The van der Waals surface area contributed by atoms with Crippen LogP contribution in [-0.2, 0) is 0 Å². The minimum Gasteiger partial charge on any atom is -0.364 e. The zero-order valence-corrected chi connectivity index (χ0v) is 12.9. The molecule has 3 N–H and O–H groups in total. The van der Waals surface area contributed by atoms with Gasteiger partial charge in [0.1, 0.15) is 11.2 Å². The molecule has 3 aromatic rings. The third kappa shape index (κ3) is 2.60. The summed E-state index contributed by atoms with van der Waals surface area (Å²) in [5, 5.41) is 0.889. The molecule has 0 fully saturated rings. The van der Waals surface area contributed by atoms with Crippen molar-refractivity contribution < 1.29 is 4.79 Å². The third-order valence-corrected chi connectivity index (χ3v) is 4.98. The maximum atomic E-state index is 11.6. The Morgan fingerprint density at radius 3 is 2.81 bits per heavy atom. The lowest BCUT2D eigenvalue weighted by Crippen LogP contribution is -2.12. The van der Waals surface area contributed by atoms with E-state index in [4.69, 9.17) is 28.9 Å². The fraction of sp³-hybridized carbons (Fsp3) is 0. The Morgan fingerprint density at radius 2 is 2.05 bits per heavy atom. The molecular formula is C14H9Cl2N3OS. The van der Waals surface area contributed by atoms with E-state index in [1.807, 2.05) is 12.1 Å². The summed E-state index contributed by atoms with van der Waals surface area (Å²) in [6.45, 7) is 0. The molecule has 0 unspecified atom stereocenters. The highest BCUT2D eigenvalue weighted by Gasteiger charge is 2.19. The Morgan fingerprint density at radius 1 is 1.24 bits per heavy atom. The molecule has 4 nitrogen and oxygen atoms in total. The number of amides is 1. The fourth-order valence-electron chi connectivity index (χ4n) is 1.94. The molecule has 2 aromatic heterocycles. The van der Waals surface area contributed by atoms with Crippen LogP contribution in [0.1, 0.15) is 10.5 Å². The van der Waals surface area contributed by atoms with Gasteiger partial charge in [-0.05, 0) is 24.3 Å². The number of aromatic nitrogens is 2. The first-order valence-corrected chi connectivity index (χ1v) is 7.53. The second-order valence-electron chi connectivity index (χ2n) is 4.25. The largest absolute Gasteiger partial charge is 0.364 e. The number of nitrogens with one attached hydrogen (secondary N) is 1. The van der Waals surface area contributed by atoms with Crippen molar-refractivity contribution in [2.45, 2.75) is 9.79 Å². The Kier molecular flexibility index (Phi) is 3.80. The molecular weight excluding hydrogens is 329 g/mol. The number of H-pyrrole nitrogens is 1. The molecule has 106 valence electrons. The van der Waals surface area contributed by atoms with Crippen molar-refractivity contribution in [2.24, 2.45) is 5.73 Å². The molecule has 0 bridgehead atoms. The molecule has 0 saturated carbocycles. The molecule has 0 radical (unpaired) electrons. The lowest BCUT2D eigenvalue weighted by Gasteiger charge is -2.05. The van der Waals surface area contributed by atoms with E-state index in [2.05, 4.69) is 9.97 Å². The number of carbonyl (C=O) groups excluding carboxylic acids is 1. The van der Waals surface area contributed by atoms with Crippen molar-refractivity contribution in [3.05, 3.63) is 52.3 Å². The molecule has 0 aliphatic heterocycles. The van der Waals surface area contributed by atoms with Crippen LogP contribution in [0.15, 0.2) is 46.3 Å². The third-order valence-electron chi connectivity index (χ3n) is 2.88. The first kappa shape index (κ1) is 14.3. The average molecular weight is 338 g/mol. The summed E-state index contributed by atoms with van der Waals surface area (Å²) in [4.78, 5) is 20.3. The first-order chi connectivity index (χ1) is 10.1. The van der Waals surface area contributed by atoms with E-state index in [0.717, 1.165) is 10.4 Å². The van der Waals surface area contributed by atoms with Gasteiger partial charge in [0.25, 0.3) is 5.91 Å². The number of pyridine rings is 1. The highest BCUT2D eigenvalue weighted by Crippen LogP contribution is 2.40. The summed E-state index contributed by atoms with van der Waals surface area (Å²) >= 11 is 13.5. The summed E-state index contributed by atoms with van der Waals surface area (Å²) in [7, 11) is 0. The van der Waals surface area contributed by atoms with Gasteiger partial charge in [-0.1, -0.05) is 41.0 Å². The van der Waals surface area contributed by atoms with Gasteiger partial charge in [0.15, 0.2) is 0 Å². The predicted octanol–water partition coefficient (Wildman–Crippen LogP) is 4.12. The van der Waals surface area contributed by atoms with Crippen molar-refractivity contribution in [3.8, 4) is 0 Å². The van der Waals surface area contributed by atoms with Crippen LogP contribution < -0.4 is 5.73 Å². The molecule has 2 heterocycles. The van der Waals surface area contributed by atoms with Crippen LogP contribution in [0.25, 0.3) is 11.0 Å². The maximum absolute atomic E-state index is 11.6. The van der Waals surface area contributed by atoms with Crippen LogP contribution in [0.4, 0.5) is 0 Å². The summed E-state index contributed by atoms with van der Waals surface area (Å²) in [5.74, 6) is -0.548. The Balaban J connectivity index is 2.17. The molecule has 0 atom stereocenters. The number of halogens is 2. The summed E-state index contributed by atoms with van der Waals surface area (Å²) in [6.07, 6.45) is 1.66. The van der Waals surface area contributed by atoms with Gasteiger partial charge in [0.2, 0.25) is 0 Å². The van der Waals surface area contributed by atoms with Gasteiger partial charge < -0.3 is 10.7 Å². The van der Waals surface area contributed by atoms with E-state index >= 15 is 0 Å². The summed E-state index contributed by atoms with van der Waals surface area (Å²) in [6, 6.07) is 8.94. The number of benzene rings is 1. The monoisotopic (exact) mass is 337 g/mol. The zero-order chi connectivity index (χ0) is 15.0. The summed E-state index contributed by atoms with van der Waals surface area (Å²) in [5.41, 5.74) is 7.16. The number of rotatable bonds is 3. The number of nitrogens with two attached hydrogens (primary N) is 1. The molecule has 3 rings (SSSR count). The highest BCUT2D eigenvalue weighted by atomic mass is 35.5. The van der Waals surface area contributed by atoms with Gasteiger partial charge in [-0.15, -0.1) is 0 Å². The van der Waals surface area contributed by atoms with E-state index < -0.39 is 5.91 Å². The Hall–Kier alpha value is -1.69. The number of hydrogen-bond donors (Lipinski definition) is 2. The van der Waals surface area contributed by atoms with E-state index in [1.165, 1.54) is 11.8 Å². The number of primary amides is 1. The normalized spacial score (nSPS) is 11.0. The number of nitrogens with zero attached hydrogens (tertiary/aromatic N) is 1. The van der Waals surface area contributed by atoms with E-state index in [1.54, 1.807) is 24.4 Å². The maximum Gasteiger partial charge on any atom is 0.266 e. The number of aromatic amines is 1. The van der Waals surface area contributed by atoms with Gasteiger partial charge in [0.05, 0.1) is 20.5 Å². The first-order valence-electron chi connectivity index (χ1n) is 5.96. The van der Waals surface area contributed by atoms with Gasteiger partial charge >= 0.3 is 0 Å².